The van der Waals surface area contributed by atoms with Gasteiger partial charge in [-0.3, -0.25) is 9.97 Å². The third-order valence-electron chi connectivity index (χ3n) is 3.57. The van der Waals surface area contributed by atoms with Crippen LogP contribution in [0.15, 0.2) is 48.8 Å². The molecule has 2 aromatic carbocycles. The van der Waals surface area contributed by atoms with Crippen molar-refractivity contribution in [2.24, 2.45) is 0 Å². The molecule has 0 atom stereocenters. The lowest BCUT2D eigenvalue weighted by Crippen LogP contribution is -2.09. The molecule has 22 heavy (non-hydrogen) atoms. The second-order valence-electron chi connectivity index (χ2n) is 4.89. The molecule has 2 aromatic heterocycles. The predicted octanol–water partition coefficient (Wildman–Crippen LogP) is 4.35. The van der Waals surface area contributed by atoms with Gasteiger partial charge < -0.3 is 0 Å². The maximum Gasteiger partial charge on any atom is 0.433 e. The molecule has 0 radical (unpaired) electrons. The lowest BCUT2D eigenvalue weighted by Gasteiger charge is -2.12. The number of hydrogen-bond donors (Lipinski definition) is 0. The molecule has 3 nitrogen and oxygen atoms in total. The van der Waals surface area contributed by atoms with Crippen LogP contribution in [0.5, 0.6) is 0 Å². The quantitative estimate of drug-likeness (QED) is 0.453. The van der Waals surface area contributed by atoms with E-state index in [0.29, 0.717) is 21.8 Å². The Morgan fingerprint density at radius 3 is 2.23 bits per heavy atom. The van der Waals surface area contributed by atoms with Gasteiger partial charge in [0.15, 0.2) is 5.69 Å². The van der Waals surface area contributed by atoms with Crippen LogP contribution in [0.25, 0.3) is 32.7 Å². The Morgan fingerprint density at radius 1 is 0.773 bits per heavy atom. The van der Waals surface area contributed by atoms with Crippen molar-refractivity contribution in [2.45, 2.75) is 6.18 Å². The van der Waals surface area contributed by atoms with Gasteiger partial charge in [0, 0.05) is 23.2 Å². The van der Waals surface area contributed by atoms with Crippen molar-refractivity contribution in [3.8, 4) is 0 Å². The normalized spacial score (nSPS) is 12.3. The summed E-state index contributed by atoms with van der Waals surface area (Å²) >= 11 is 0. The van der Waals surface area contributed by atoms with Gasteiger partial charge in [-0.25, -0.2) is 4.98 Å². The number of aromatic nitrogens is 3. The molecule has 0 bridgehead atoms. The van der Waals surface area contributed by atoms with Gasteiger partial charge in [0.2, 0.25) is 0 Å². The Hall–Kier alpha value is -2.76. The summed E-state index contributed by atoms with van der Waals surface area (Å²) in [5.41, 5.74) is 0.567. The second kappa shape index (κ2) is 4.37. The summed E-state index contributed by atoms with van der Waals surface area (Å²) in [7, 11) is 0. The highest BCUT2D eigenvalue weighted by Gasteiger charge is 2.35. The predicted molar refractivity (Wildman–Crippen MR) is 77.3 cm³/mol. The van der Waals surface area contributed by atoms with E-state index in [1.807, 2.05) is 0 Å². The number of halogens is 3. The minimum atomic E-state index is -4.51. The van der Waals surface area contributed by atoms with Crippen LogP contribution in [0.1, 0.15) is 5.69 Å². The molecule has 0 saturated heterocycles. The topological polar surface area (TPSA) is 38.7 Å². The molecule has 0 aliphatic heterocycles. The van der Waals surface area contributed by atoms with Crippen LogP contribution in [0.2, 0.25) is 0 Å². The fourth-order valence-electron chi connectivity index (χ4n) is 2.69. The average Bonchev–Trinajstić information content (AvgIpc) is 2.52. The molecular formula is C16H8F3N3. The van der Waals surface area contributed by atoms with E-state index in [9.17, 15) is 13.2 Å². The molecular weight excluding hydrogens is 291 g/mol. The van der Waals surface area contributed by atoms with Crippen molar-refractivity contribution in [1.82, 2.24) is 15.0 Å². The van der Waals surface area contributed by atoms with Gasteiger partial charge in [0.05, 0.1) is 16.6 Å². The number of nitrogens with zero attached hydrogens (tertiary/aromatic N) is 3. The molecule has 0 spiro atoms. The highest BCUT2D eigenvalue weighted by Crippen LogP contribution is 2.37. The summed E-state index contributed by atoms with van der Waals surface area (Å²) in [6.45, 7) is 0. The molecule has 0 N–H and O–H groups in total. The zero-order valence-electron chi connectivity index (χ0n) is 11.1. The zero-order valence-corrected chi connectivity index (χ0v) is 11.1. The maximum absolute atomic E-state index is 13.3. The number of hydrogen-bond acceptors (Lipinski definition) is 3. The molecule has 0 fully saturated rings. The summed E-state index contributed by atoms with van der Waals surface area (Å²) in [5, 5.41) is 1.14. The Labute approximate surface area is 122 Å². The fraction of sp³-hybridized carbons (Fsp3) is 0.0625. The summed E-state index contributed by atoms with van der Waals surface area (Å²) in [5.74, 6) is 0. The van der Waals surface area contributed by atoms with E-state index >= 15 is 0 Å². The van der Waals surface area contributed by atoms with Gasteiger partial charge in [0.25, 0.3) is 0 Å². The Bertz CT molecular complexity index is 1030. The number of rotatable bonds is 0. The Morgan fingerprint density at radius 2 is 1.45 bits per heavy atom. The third-order valence-corrected chi connectivity index (χ3v) is 3.57. The molecule has 0 aliphatic carbocycles. The first-order chi connectivity index (χ1) is 10.6. The molecule has 0 amide bonds. The van der Waals surface area contributed by atoms with Crippen LogP contribution in [0.4, 0.5) is 13.2 Å². The van der Waals surface area contributed by atoms with E-state index in [2.05, 4.69) is 15.0 Å². The van der Waals surface area contributed by atoms with E-state index in [4.69, 9.17) is 0 Å². The van der Waals surface area contributed by atoms with Crippen LogP contribution in [-0.4, -0.2) is 15.0 Å². The minimum Gasteiger partial charge on any atom is -0.253 e. The molecule has 0 aliphatic rings. The highest BCUT2D eigenvalue weighted by molar-refractivity contribution is 6.17. The van der Waals surface area contributed by atoms with E-state index in [-0.39, 0.29) is 10.9 Å². The fourth-order valence-corrected chi connectivity index (χ4v) is 2.69. The van der Waals surface area contributed by atoms with Gasteiger partial charge in [-0.2, -0.15) is 13.2 Å². The van der Waals surface area contributed by atoms with Crippen molar-refractivity contribution >= 4 is 32.7 Å². The van der Waals surface area contributed by atoms with E-state index in [1.54, 1.807) is 36.5 Å². The van der Waals surface area contributed by atoms with Gasteiger partial charge >= 0.3 is 6.18 Å². The Balaban J connectivity index is 2.31. The van der Waals surface area contributed by atoms with Crippen LogP contribution in [0, 0.1) is 0 Å². The van der Waals surface area contributed by atoms with E-state index in [0.717, 1.165) is 0 Å². The molecule has 0 saturated carbocycles. The van der Waals surface area contributed by atoms with Crippen molar-refractivity contribution in [3.63, 3.8) is 0 Å². The molecule has 0 unspecified atom stereocenters. The number of alkyl halides is 3. The smallest absolute Gasteiger partial charge is 0.253 e. The van der Waals surface area contributed by atoms with Gasteiger partial charge in [-0.05, 0) is 17.5 Å². The van der Waals surface area contributed by atoms with Crippen LogP contribution in [0.3, 0.4) is 0 Å². The molecule has 2 heterocycles. The number of benzene rings is 2. The summed E-state index contributed by atoms with van der Waals surface area (Å²) in [6, 6.07) is 9.54. The Kier molecular flexibility index (Phi) is 2.57. The van der Waals surface area contributed by atoms with Crippen molar-refractivity contribution in [1.29, 1.82) is 0 Å². The van der Waals surface area contributed by atoms with Crippen molar-refractivity contribution in [2.75, 3.05) is 0 Å². The maximum atomic E-state index is 13.3. The standard InChI is InChI=1S/C16H8F3N3/c17-16(18,19)15-10-4-2-1-3-9(10)13-11(22-15)5-6-12-14(13)21-8-7-20-12/h1-8H. The third kappa shape index (κ3) is 1.80. The van der Waals surface area contributed by atoms with E-state index in [1.165, 1.54) is 12.3 Å². The molecule has 4 rings (SSSR count). The first-order valence-electron chi connectivity index (χ1n) is 6.55. The first kappa shape index (κ1) is 12.9. The van der Waals surface area contributed by atoms with Gasteiger partial charge in [-0.1, -0.05) is 24.3 Å². The second-order valence-corrected chi connectivity index (χ2v) is 4.89. The zero-order chi connectivity index (χ0) is 15.3. The SMILES string of the molecule is FC(F)(F)c1nc2ccc3nccnc3c2c2ccccc12. The molecule has 6 heteroatoms. The van der Waals surface area contributed by atoms with Crippen LogP contribution < -0.4 is 0 Å². The first-order valence-corrected chi connectivity index (χ1v) is 6.55. The van der Waals surface area contributed by atoms with Crippen molar-refractivity contribution in [3.05, 3.63) is 54.5 Å². The van der Waals surface area contributed by atoms with Crippen molar-refractivity contribution < 1.29 is 13.2 Å². The monoisotopic (exact) mass is 299 g/mol. The average molecular weight is 299 g/mol. The van der Waals surface area contributed by atoms with Gasteiger partial charge in [0.1, 0.15) is 0 Å². The lowest BCUT2D eigenvalue weighted by atomic mass is 10.0. The highest BCUT2D eigenvalue weighted by atomic mass is 19.4. The molecule has 4 aromatic rings. The minimum absolute atomic E-state index is 0.0700. The van der Waals surface area contributed by atoms with Gasteiger partial charge in [-0.15, -0.1) is 0 Å². The number of pyridine rings is 1. The summed E-state index contributed by atoms with van der Waals surface area (Å²) < 4.78 is 39.8. The van der Waals surface area contributed by atoms with E-state index < -0.39 is 11.9 Å². The van der Waals surface area contributed by atoms with Crippen LogP contribution in [-0.2, 0) is 6.18 Å². The largest absolute Gasteiger partial charge is 0.433 e. The lowest BCUT2D eigenvalue weighted by molar-refractivity contribution is -0.139. The molecule has 108 valence electrons. The summed E-state index contributed by atoms with van der Waals surface area (Å²) in [4.78, 5) is 12.3. The van der Waals surface area contributed by atoms with Crippen LogP contribution >= 0.6 is 0 Å². The number of fused-ring (bicyclic) bond motifs is 5. The summed E-state index contributed by atoms with van der Waals surface area (Å²) in [6.07, 6.45) is -1.44.